The van der Waals surface area contributed by atoms with E-state index in [1.807, 2.05) is 38.1 Å². The molecule has 0 aliphatic heterocycles. The van der Waals surface area contributed by atoms with E-state index in [0.717, 1.165) is 17.8 Å². The molecule has 0 radical (unpaired) electrons. The van der Waals surface area contributed by atoms with Gasteiger partial charge in [0.2, 0.25) is 5.88 Å². The molecule has 0 bridgehead atoms. The van der Waals surface area contributed by atoms with Gasteiger partial charge in [0.1, 0.15) is 5.75 Å². The van der Waals surface area contributed by atoms with Gasteiger partial charge in [0.05, 0.1) is 5.02 Å². The summed E-state index contributed by atoms with van der Waals surface area (Å²) in [5.41, 5.74) is 3.31. The molecule has 1 saturated carbocycles. The van der Waals surface area contributed by atoms with Crippen molar-refractivity contribution in [2.75, 3.05) is 0 Å². The van der Waals surface area contributed by atoms with E-state index in [2.05, 4.69) is 16.4 Å². The van der Waals surface area contributed by atoms with Gasteiger partial charge in [-0.25, -0.2) is 4.98 Å². The Kier molecular flexibility index (Phi) is 4.13. The van der Waals surface area contributed by atoms with Crippen LogP contribution in [0.15, 0.2) is 30.3 Å². The van der Waals surface area contributed by atoms with Crippen LogP contribution in [0.4, 0.5) is 0 Å². The fourth-order valence-corrected chi connectivity index (χ4v) is 2.43. The molecule has 2 aromatic rings. The van der Waals surface area contributed by atoms with Crippen molar-refractivity contribution in [3.05, 3.63) is 52.2 Å². The van der Waals surface area contributed by atoms with E-state index in [4.69, 9.17) is 16.3 Å². The summed E-state index contributed by atoms with van der Waals surface area (Å²) in [7, 11) is 0. The van der Waals surface area contributed by atoms with Gasteiger partial charge in [-0.3, -0.25) is 0 Å². The fourth-order valence-electron chi connectivity index (χ4n) is 2.15. The first-order chi connectivity index (χ1) is 10.1. The molecule has 1 aliphatic rings. The first kappa shape index (κ1) is 14.4. The summed E-state index contributed by atoms with van der Waals surface area (Å²) in [6, 6.07) is 10.4. The molecular weight excluding hydrogens is 284 g/mol. The normalized spacial score (nSPS) is 14.2. The molecule has 0 atom stereocenters. The second-order valence-corrected chi connectivity index (χ2v) is 5.99. The maximum absolute atomic E-state index is 6.18. The van der Waals surface area contributed by atoms with E-state index < -0.39 is 0 Å². The minimum Gasteiger partial charge on any atom is -0.437 e. The number of aryl methyl sites for hydroxylation is 2. The lowest BCUT2D eigenvalue weighted by atomic mass is 10.2. The van der Waals surface area contributed by atoms with Crippen LogP contribution < -0.4 is 10.1 Å². The number of aromatic nitrogens is 1. The molecule has 1 aromatic heterocycles. The second kappa shape index (κ2) is 6.04. The molecule has 21 heavy (non-hydrogen) atoms. The van der Waals surface area contributed by atoms with Crippen molar-refractivity contribution in [1.29, 1.82) is 0 Å². The predicted octanol–water partition coefficient (Wildman–Crippen LogP) is 4.40. The third-order valence-electron chi connectivity index (χ3n) is 3.63. The quantitative estimate of drug-likeness (QED) is 0.889. The maximum atomic E-state index is 6.18. The Morgan fingerprint density at radius 2 is 2.05 bits per heavy atom. The van der Waals surface area contributed by atoms with Crippen LogP contribution in [0.5, 0.6) is 11.6 Å². The number of rotatable bonds is 5. The third-order valence-corrected chi connectivity index (χ3v) is 3.93. The molecule has 0 saturated heterocycles. The fraction of sp³-hybridized carbons (Fsp3) is 0.353. The van der Waals surface area contributed by atoms with Gasteiger partial charge in [0.25, 0.3) is 0 Å². The van der Waals surface area contributed by atoms with Gasteiger partial charge in [0, 0.05) is 24.3 Å². The third kappa shape index (κ3) is 3.74. The maximum Gasteiger partial charge on any atom is 0.219 e. The Balaban J connectivity index is 1.71. The Bertz CT molecular complexity index is 653. The monoisotopic (exact) mass is 302 g/mol. The molecule has 1 aromatic carbocycles. The number of halogens is 1. The number of nitrogens with zero attached hydrogens (tertiary/aromatic N) is 1. The van der Waals surface area contributed by atoms with Crippen molar-refractivity contribution in [3.63, 3.8) is 0 Å². The lowest BCUT2D eigenvalue weighted by Gasteiger charge is -2.10. The van der Waals surface area contributed by atoms with E-state index in [9.17, 15) is 0 Å². The van der Waals surface area contributed by atoms with Crippen LogP contribution in [0.2, 0.25) is 5.02 Å². The molecule has 4 heteroatoms. The lowest BCUT2D eigenvalue weighted by molar-refractivity contribution is 0.461. The van der Waals surface area contributed by atoms with Crippen molar-refractivity contribution in [2.24, 2.45) is 0 Å². The van der Waals surface area contributed by atoms with E-state index in [1.54, 1.807) is 0 Å². The summed E-state index contributed by atoms with van der Waals surface area (Å²) < 4.78 is 5.77. The average Bonchev–Trinajstić information content (AvgIpc) is 3.25. The zero-order chi connectivity index (χ0) is 14.8. The summed E-state index contributed by atoms with van der Waals surface area (Å²) in [4.78, 5) is 4.51. The minimum atomic E-state index is 0.577. The molecular formula is C17H19ClN2O. The van der Waals surface area contributed by atoms with Gasteiger partial charge in [-0.2, -0.15) is 0 Å². The van der Waals surface area contributed by atoms with E-state index in [1.165, 1.54) is 18.4 Å². The Hall–Kier alpha value is -1.58. The second-order valence-electron chi connectivity index (χ2n) is 5.59. The number of benzene rings is 1. The summed E-state index contributed by atoms with van der Waals surface area (Å²) in [6.45, 7) is 4.88. The van der Waals surface area contributed by atoms with Gasteiger partial charge >= 0.3 is 0 Å². The van der Waals surface area contributed by atoms with Crippen molar-refractivity contribution >= 4 is 11.6 Å². The first-order valence-electron chi connectivity index (χ1n) is 7.26. The molecule has 0 unspecified atom stereocenters. The van der Waals surface area contributed by atoms with Gasteiger partial charge < -0.3 is 10.1 Å². The number of nitrogens with one attached hydrogen (secondary N) is 1. The highest BCUT2D eigenvalue weighted by atomic mass is 35.5. The largest absolute Gasteiger partial charge is 0.437 e. The Labute approximate surface area is 130 Å². The van der Waals surface area contributed by atoms with Crippen molar-refractivity contribution in [1.82, 2.24) is 10.3 Å². The van der Waals surface area contributed by atoms with Gasteiger partial charge in [0.15, 0.2) is 0 Å². The van der Waals surface area contributed by atoms with Crippen molar-refractivity contribution < 1.29 is 4.74 Å². The van der Waals surface area contributed by atoms with Gasteiger partial charge in [-0.15, -0.1) is 0 Å². The van der Waals surface area contributed by atoms with Crippen LogP contribution in [0.1, 0.15) is 29.7 Å². The Morgan fingerprint density at radius 1 is 1.24 bits per heavy atom. The predicted molar refractivity (Wildman–Crippen MR) is 85.1 cm³/mol. The van der Waals surface area contributed by atoms with Crippen LogP contribution >= 0.6 is 11.6 Å². The highest BCUT2D eigenvalue weighted by molar-refractivity contribution is 6.32. The van der Waals surface area contributed by atoms with Crippen LogP contribution in [-0.2, 0) is 6.54 Å². The summed E-state index contributed by atoms with van der Waals surface area (Å²) in [6.07, 6.45) is 2.58. The summed E-state index contributed by atoms with van der Waals surface area (Å²) in [5.74, 6) is 1.21. The average molecular weight is 303 g/mol. The zero-order valence-corrected chi connectivity index (χ0v) is 13.1. The van der Waals surface area contributed by atoms with E-state index in [-0.39, 0.29) is 0 Å². The molecule has 0 amide bonds. The molecule has 3 nitrogen and oxygen atoms in total. The number of hydrogen-bond donors (Lipinski definition) is 1. The van der Waals surface area contributed by atoms with Gasteiger partial charge in [-0.05, 0) is 49.9 Å². The SMILES string of the molecule is Cc1ccc(Oc2ccc(CNC3CC3)c(C)n2)c(Cl)c1. The van der Waals surface area contributed by atoms with Crippen molar-refractivity contribution in [2.45, 2.75) is 39.3 Å². The Morgan fingerprint density at radius 3 is 2.71 bits per heavy atom. The highest BCUT2D eigenvalue weighted by Gasteiger charge is 2.20. The molecule has 3 rings (SSSR count). The molecule has 1 fully saturated rings. The topological polar surface area (TPSA) is 34.1 Å². The molecule has 1 aliphatic carbocycles. The smallest absolute Gasteiger partial charge is 0.219 e. The van der Waals surface area contributed by atoms with Crippen molar-refractivity contribution in [3.8, 4) is 11.6 Å². The molecule has 1 heterocycles. The number of hydrogen-bond acceptors (Lipinski definition) is 3. The molecule has 0 spiro atoms. The molecule has 110 valence electrons. The molecule has 1 N–H and O–H groups in total. The standard InChI is InChI=1S/C17H19ClN2O/c1-11-3-7-16(15(18)9-11)21-17-8-4-13(12(2)20-17)10-19-14-5-6-14/h3-4,7-9,14,19H,5-6,10H2,1-2H3. The van der Waals surface area contributed by atoms with E-state index >= 15 is 0 Å². The van der Waals surface area contributed by atoms with Crippen LogP contribution in [0.25, 0.3) is 0 Å². The lowest BCUT2D eigenvalue weighted by Crippen LogP contribution is -2.16. The van der Waals surface area contributed by atoms with E-state index in [0.29, 0.717) is 22.7 Å². The number of ether oxygens (including phenoxy) is 1. The van der Waals surface area contributed by atoms with Crippen LogP contribution in [0, 0.1) is 13.8 Å². The first-order valence-corrected chi connectivity index (χ1v) is 7.63. The highest BCUT2D eigenvalue weighted by Crippen LogP contribution is 2.29. The van der Waals surface area contributed by atoms with Gasteiger partial charge in [-0.1, -0.05) is 23.7 Å². The number of pyridine rings is 1. The summed E-state index contributed by atoms with van der Waals surface area (Å²) in [5, 5.41) is 4.10. The zero-order valence-electron chi connectivity index (χ0n) is 12.3. The minimum absolute atomic E-state index is 0.577. The van der Waals surface area contributed by atoms with Crippen LogP contribution in [0.3, 0.4) is 0 Å². The van der Waals surface area contributed by atoms with Crippen LogP contribution in [-0.4, -0.2) is 11.0 Å². The summed E-state index contributed by atoms with van der Waals surface area (Å²) >= 11 is 6.18.